The van der Waals surface area contributed by atoms with Crippen LogP contribution >= 0.6 is 0 Å². The van der Waals surface area contributed by atoms with Crippen LogP contribution in [0.1, 0.15) is 42.8 Å². The van der Waals surface area contributed by atoms with Crippen LogP contribution in [0.2, 0.25) is 0 Å². The van der Waals surface area contributed by atoms with Crippen LogP contribution in [-0.4, -0.2) is 56.2 Å². The first-order valence-corrected chi connectivity index (χ1v) is 6.58. The van der Waals surface area contributed by atoms with Gasteiger partial charge in [0.25, 0.3) is 0 Å². The molecule has 0 bridgehead atoms. The summed E-state index contributed by atoms with van der Waals surface area (Å²) in [5.74, 6) is -0.553. The molecule has 0 unspecified atom stereocenters. The van der Waals surface area contributed by atoms with Crippen molar-refractivity contribution in [3.8, 4) is 0 Å². The molecular formula is C15H25BN2O3. The summed E-state index contributed by atoms with van der Waals surface area (Å²) >= 11 is 0. The number of piperazine rings is 1. The van der Waals surface area contributed by atoms with E-state index in [1.807, 2.05) is 0 Å². The van der Waals surface area contributed by atoms with E-state index >= 15 is 0 Å². The highest BCUT2D eigenvalue weighted by Gasteiger charge is 2.53. The molecule has 2 aliphatic rings. The third kappa shape index (κ3) is 2.72. The van der Waals surface area contributed by atoms with Gasteiger partial charge in [-0.05, 0) is 40.7 Å². The summed E-state index contributed by atoms with van der Waals surface area (Å²) < 4.78 is 106. The lowest BCUT2D eigenvalue weighted by Gasteiger charge is -2.32. The second kappa shape index (κ2) is 5.04. The van der Waals surface area contributed by atoms with Gasteiger partial charge in [-0.25, -0.2) is 0 Å². The highest BCUT2D eigenvalue weighted by Crippen LogP contribution is 2.36. The van der Waals surface area contributed by atoms with Crippen molar-refractivity contribution >= 4 is 18.7 Å². The summed E-state index contributed by atoms with van der Waals surface area (Å²) in [5.41, 5.74) is -1.42. The molecule has 116 valence electrons. The maximum absolute atomic E-state index is 8.31. The van der Waals surface area contributed by atoms with Crippen molar-refractivity contribution in [1.82, 2.24) is 4.90 Å². The maximum Gasteiger partial charge on any atom is 0.532 e. The third-order valence-electron chi connectivity index (χ3n) is 3.87. The van der Waals surface area contributed by atoms with Gasteiger partial charge in [0.2, 0.25) is 0 Å². The number of nitrogens with zero attached hydrogens (tertiary/aromatic N) is 2. The zero-order valence-electron chi connectivity index (χ0n) is 23.4. The van der Waals surface area contributed by atoms with E-state index in [-0.39, 0.29) is 15.5 Å². The number of hydrogen-bond donors (Lipinski definition) is 0. The highest BCUT2D eigenvalue weighted by atomic mass is 16.7. The maximum atomic E-state index is 8.31. The van der Waals surface area contributed by atoms with Gasteiger partial charge < -0.3 is 23.5 Å². The molecule has 0 radical (unpaired) electrons. The Morgan fingerprint density at radius 3 is 2.29 bits per heavy atom. The number of furan rings is 1. The van der Waals surface area contributed by atoms with Crippen LogP contribution in [0.3, 0.4) is 0 Å². The molecule has 6 heteroatoms. The van der Waals surface area contributed by atoms with Crippen LogP contribution in [0.15, 0.2) is 16.5 Å². The van der Waals surface area contributed by atoms with Crippen LogP contribution in [-0.2, 0) is 9.31 Å². The third-order valence-corrected chi connectivity index (χ3v) is 3.87. The summed E-state index contributed by atoms with van der Waals surface area (Å²) in [5, 5.41) is 0. The predicted molar refractivity (Wildman–Crippen MR) is 84.1 cm³/mol. The molecule has 0 aliphatic carbocycles. The number of hydrogen-bond acceptors (Lipinski definition) is 5. The second-order valence-corrected chi connectivity index (χ2v) is 5.88. The van der Waals surface area contributed by atoms with Crippen molar-refractivity contribution < 1.29 is 28.8 Å². The first-order chi connectivity index (χ1) is 14.0. The first kappa shape index (κ1) is 6.65. The molecule has 2 aliphatic heterocycles. The second-order valence-electron chi connectivity index (χ2n) is 5.88. The normalized spacial score (nSPS) is 43.5. The van der Waals surface area contributed by atoms with Gasteiger partial charge in [0, 0.05) is 41.6 Å². The van der Waals surface area contributed by atoms with E-state index < -0.39 is 57.2 Å². The van der Waals surface area contributed by atoms with Gasteiger partial charge in [0.05, 0.1) is 16.7 Å². The minimum absolute atomic E-state index is 0.0321. The Morgan fingerprint density at radius 2 is 1.71 bits per heavy atom. The van der Waals surface area contributed by atoms with E-state index in [9.17, 15) is 0 Å². The molecule has 0 saturated carbocycles. The molecule has 5 nitrogen and oxygen atoms in total. The fourth-order valence-electron chi connectivity index (χ4n) is 1.91. The number of rotatable bonds is 2. The lowest BCUT2D eigenvalue weighted by Crippen LogP contribution is -2.44. The van der Waals surface area contributed by atoms with Gasteiger partial charge in [-0.15, -0.1) is 0 Å². The minimum atomic E-state index is -3.48. The van der Waals surface area contributed by atoms with Crippen molar-refractivity contribution in [2.24, 2.45) is 0 Å². The van der Waals surface area contributed by atoms with E-state index in [0.717, 1.165) is 6.07 Å². The Balaban J connectivity index is 2.09. The van der Waals surface area contributed by atoms with Crippen LogP contribution in [0.25, 0.3) is 0 Å². The first-order valence-electron chi connectivity index (χ1n) is 12.1. The highest BCUT2D eigenvalue weighted by molar-refractivity contribution is 6.60. The standard InChI is InChI=1S/C15H25BN2O3/c1-14(2)15(3,4)21-16(20-14)12-6-7-13(19-12)18-10-8-17(5)9-11-18/h6-7H,8-11H2,1-5H3/i5D3,8D2,9D2,10D2,11D2. The van der Waals surface area contributed by atoms with Gasteiger partial charge in [0.15, 0.2) is 5.88 Å². The molecule has 0 aromatic carbocycles. The topological polar surface area (TPSA) is 38.1 Å². The van der Waals surface area contributed by atoms with E-state index in [4.69, 9.17) is 28.8 Å². The zero-order chi connectivity index (χ0) is 24.9. The predicted octanol–water partition coefficient (Wildman–Crippen LogP) is 1.33. The van der Waals surface area contributed by atoms with E-state index in [1.165, 1.54) is 6.07 Å². The Labute approximate surface area is 142 Å². The number of anilines is 1. The molecule has 1 aromatic heterocycles. The van der Waals surface area contributed by atoms with E-state index in [2.05, 4.69) is 0 Å². The molecule has 21 heavy (non-hydrogen) atoms. The molecule has 0 spiro atoms. The molecular weight excluding hydrogens is 267 g/mol. The summed E-state index contributed by atoms with van der Waals surface area (Å²) in [4.78, 5) is -0.238. The summed E-state index contributed by atoms with van der Waals surface area (Å²) in [7, 11) is -1.03. The number of likely N-dealkylation sites (N-methyl/N-ethyl adjacent to an activating group) is 1. The van der Waals surface area contributed by atoms with Gasteiger partial charge in [-0.2, -0.15) is 0 Å². The van der Waals surface area contributed by atoms with Crippen LogP contribution in [0, 0.1) is 0 Å². The van der Waals surface area contributed by atoms with E-state index in [0.29, 0.717) is 0 Å². The Bertz CT molecular complexity index is 855. The van der Waals surface area contributed by atoms with E-state index in [1.54, 1.807) is 27.7 Å². The smallest absolute Gasteiger partial charge is 0.449 e. The molecule has 1 aromatic rings. The molecule has 0 N–H and O–H groups in total. The molecule has 0 atom stereocenters. The fraction of sp³-hybridized carbons (Fsp3) is 0.733. The van der Waals surface area contributed by atoms with Gasteiger partial charge in [0.1, 0.15) is 5.66 Å². The van der Waals surface area contributed by atoms with Gasteiger partial charge in [-0.3, -0.25) is 0 Å². The molecule has 2 fully saturated rings. The van der Waals surface area contributed by atoms with Crippen LogP contribution < -0.4 is 10.6 Å². The van der Waals surface area contributed by atoms with Crippen molar-refractivity contribution in [1.29, 1.82) is 0 Å². The molecule has 3 rings (SSSR count). The lowest BCUT2D eigenvalue weighted by molar-refractivity contribution is 0.00578. The minimum Gasteiger partial charge on any atom is -0.449 e. The monoisotopic (exact) mass is 303 g/mol. The summed E-state index contributed by atoms with van der Waals surface area (Å²) in [6, 6.07) is 2.46. The average molecular weight is 303 g/mol. The van der Waals surface area contributed by atoms with Crippen molar-refractivity contribution in [2.75, 3.05) is 37.9 Å². The SMILES string of the molecule is [2H]C([2H])([2H])N1C([2H])([2H])C([2H])([2H])N(c2ccc(B3OC(C)(C)C(C)(C)O3)o2)C([2H])([2H])C1([2H])[2H]. The van der Waals surface area contributed by atoms with Crippen molar-refractivity contribution in [3.63, 3.8) is 0 Å². The largest absolute Gasteiger partial charge is 0.532 e. The Morgan fingerprint density at radius 1 is 1.10 bits per heavy atom. The molecule has 3 heterocycles. The van der Waals surface area contributed by atoms with Crippen molar-refractivity contribution in [2.45, 2.75) is 38.9 Å². The molecule has 2 saturated heterocycles. The van der Waals surface area contributed by atoms with Gasteiger partial charge >= 0.3 is 7.12 Å². The van der Waals surface area contributed by atoms with Crippen molar-refractivity contribution in [3.05, 3.63) is 12.1 Å². The lowest BCUT2D eigenvalue weighted by atomic mass is 9.86. The Kier molecular flexibility index (Phi) is 1.59. The Hall–Kier alpha value is -0.975. The van der Waals surface area contributed by atoms with Crippen LogP contribution in [0.4, 0.5) is 5.88 Å². The summed E-state index contributed by atoms with van der Waals surface area (Å²) in [6.07, 6.45) is 0. The zero-order valence-corrected chi connectivity index (χ0v) is 12.4. The fourth-order valence-corrected chi connectivity index (χ4v) is 1.91. The quantitative estimate of drug-likeness (QED) is 0.771. The molecule has 0 amide bonds. The summed E-state index contributed by atoms with van der Waals surface area (Å²) in [6.45, 7) is -9.97. The average Bonchev–Trinajstić information content (AvgIpc) is 3.06. The van der Waals surface area contributed by atoms with Gasteiger partial charge in [-0.1, -0.05) is 0 Å². The van der Waals surface area contributed by atoms with Crippen LogP contribution in [0.5, 0.6) is 0 Å².